The largest absolute Gasteiger partial charge is 0.465 e. The van der Waals surface area contributed by atoms with E-state index in [1.54, 1.807) is 0 Å². The van der Waals surface area contributed by atoms with Gasteiger partial charge in [0.15, 0.2) is 0 Å². The maximum atomic E-state index is 13.0. The van der Waals surface area contributed by atoms with E-state index >= 15 is 0 Å². The van der Waals surface area contributed by atoms with Crippen molar-refractivity contribution in [3.8, 4) is 0 Å². The number of nitrogens with zero attached hydrogens (tertiary/aromatic N) is 1. The number of ether oxygens (including phenoxy) is 1. The summed E-state index contributed by atoms with van der Waals surface area (Å²) in [6.07, 6.45) is 0.851. The standard InChI is InChI=1S/C20H23NO3/c1-13(2)18-10-16(14(3)24-18)19(22)21-9-8-20(12-21)17-7-5-4-6-15(17)11-23-20/h4-7,10,13H,8-9,11-12H2,1-3H3. The SMILES string of the molecule is Cc1oc(C(C)C)cc1C(=O)N1CCC2(C1)OCc1ccccc12. The zero-order chi connectivity index (χ0) is 16.9. The lowest BCUT2D eigenvalue weighted by molar-refractivity contribution is -0.0283. The summed E-state index contributed by atoms with van der Waals surface area (Å²) in [5.41, 5.74) is 2.84. The first-order valence-electron chi connectivity index (χ1n) is 8.62. The molecule has 0 N–H and O–H groups in total. The van der Waals surface area contributed by atoms with E-state index in [1.165, 1.54) is 11.1 Å². The van der Waals surface area contributed by atoms with E-state index < -0.39 is 0 Å². The molecule has 1 unspecified atom stereocenters. The lowest BCUT2D eigenvalue weighted by Gasteiger charge is -2.24. The predicted octanol–water partition coefficient (Wildman–Crippen LogP) is 3.98. The van der Waals surface area contributed by atoms with Crippen molar-refractivity contribution in [1.82, 2.24) is 4.90 Å². The maximum Gasteiger partial charge on any atom is 0.257 e. The summed E-state index contributed by atoms with van der Waals surface area (Å²) in [6.45, 7) is 7.98. The fraction of sp³-hybridized carbons (Fsp3) is 0.450. The summed E-state index contributed by atoms with van der Waals surface area (Å²) in [4.78, 5) is 14.9. The summed E-state index contributed by atoms with van der Waals surface area (Å²) >= 11 is 0. The zero-order valence-corrected chi connectivity index (χ0v) is 14.5. The summed E-state index contributed by atoms with van der Waals surface area (Å²) in [5.74, 6) is 1.90. The van der Waals surface area contributed by atoms with Gasteiger partial charge in [0.05, 0.1) is 18.7 Å². The second-order valence-corrected chi connectivity index (χ2v) is 7.19. The minimum absolute atomic E-state index is 0.0491. The van der Waals surface area contributed by atoms with E-state index in [-0.39, 0.29) is 17.4 Å². The number of likely N-dealkylation sites (tertiary alicyclic amines) is 1. The number of aryl methyl sites for hydroxylation is 1. The second kappa shape index (κ2) is 5.49. The number of hydrogen-bond acceptors (Lipinski definition) is 3. The van der Waals surface area contributed by atoms with Gasteiger partial charge in [-0.2, -0.15) is 0 Å². The van der Waals surface area contributed by atoms with Crippen LogP contribution in [0.4, 0.5) is 0 Å². The predicted molar refractivity (Wildman–Crippen MR) is 91.0 cm³/mol. The van der Waals surface area contributed by atoms with Crippen LogP contribution in [-0.2, 0) is 16.9 Å². The second-order valence-electron chi connectivity index (χ2n) is 7.19. The van der Waals surface area contributed by atoms with Crippen LogP contribution >= 0.6 is 0 Å². The molecule has 1 atom stereocenters. The van der Waals surface area contributed by atoms with E-state index in [4.69, 9.17) is 9.15 Å². The van der Waals surface area contributed by atoms with Crippen LogP contribution in [0.15, 0.2) is 34.7 Å². The van der Waals surface area contributed by atoms with Gasteiger partial charge in [0.25, 0.3) is 5.91 Å². The molecule has 2 aliphatic rings. The van der Waals surface area contributed by atoms with E-state index in [1.807, 2.05) is 24.0 Å². The third-order valence-electron chi connectivity index (χ3n) is 5.27. The number of fused-ring (bicyclic) bond motifs is 2. The molecule has 1 fully saturated rings. The van der Waals surface area contributed by atoms with Crippen molar-refractivity contribution >= 4 is 5.91 Å². The Bertz CT molecular complexity index is 792. The molecule has 2 aromatic rings. The Kier molecular flexibility index (Phi) is 3.53. The number of carbonyl (C=O) groups excluding carboxylic acids is 1. The molecule has 24 heavy (non-hydrogen) atoms. The Morgan fingerprint density at radius 2 is 2.08 bits per heavy atom. The number of benzene rings is 1. The number of hydrogen-bond donors (Lipinski definition) is 0. The van der Waals surface area contributed by atoms with E-state index in [9.17, 15) is 4.79 Å². The van der Waals surface area contributed by atoms with Crippen LogP contribution in [-0.4, -0.2) is 23.9 Å². The molecule has 3 heterocycles. The van der Waals surface area contributed by atoms with E-state index in [0.29, 0.717) is 24.5 Å². The van der Waals surface area contributed by atoms with Crippen LogP contribution in [0, 0.1) is 6.92 Å². The lowest BCUT2D eigenvalue weighted by Crippen LogP contribution is -2.34. The van der Waals surface area contributed by atoms with Gasteiger partial charge < -0.3 is 14.1 Å². The first-order chi connectivity index (χ1) is 11.5. The average Bonchev–Trinajstić information content (AvgIpc) is 3.26. The number of amides is 1. The van der Waals surface area contributed by atoms with Gasteiger partial charge in [-0.15, -0.1) is 0 Å². The van der Waals surface area contributed by atoms with Crippen LogP contribution in [0.2, 0.25) is 0 Å². The molecule has 1 amide bonds. The highest BCUT2D eigenvalue weighted by Gasteiger charge is 2.47. The molecule has 1 saturated heterocycles. The van der Waals surface area contributed by atoms with Gasteiger partial charge in [-0.3, -0.25) is 4.79 Å². The first kappa shape index (κ1) is 15.5. The van der Waals surface area contributed by atoms with Crippen LogP contribution in [0.1, 0.15) is 59.2 Å². The van der Waals surface area contributed by atoms with Gasteiger partial charge in [-0.1, -0.05) is 38.1 Å². The van der Waals surface area contributed by atoms with Crippen molar-refractivity contribution in [2.24, 2.45) is 0 Å². The molecule has 4 heteroatoms. The van der Waals surface area contributed by atoms with Crippen molar-refractivity contribution in [1.29, 1.82) is 0 Å². The fourth-order valence-corrected chi connectivity index (χ4v) is 3.85. The molecule has 0 aliphatic carbocycles. The molecule has 1 spiro atoms. The zero-order valence-electron chi connectivity index (χ0n) is 14.5. The maximum absolute atomic E-state index is 13.0. The van der Waals surface area contributed by atoms with Gasteiger partial charge in [0, 0.05) is 12.5 Å². The van der Waals surface area contributed by atoms with Crippen molar-refractivity contribution in [3.05, 3.63) is 58.5 Å². The molecule has 1 aromatic heterocycles. The molecule has 1 aromatic carbocycles. The topological polar surface area (TPSA) is 42.7 Å². The van der Waals surface area contributed by atoms with Crippen LogP contribution in [0.3, 0.4) is 0 Å². The Hall–Kier alpha value is -2.07. The van der Waals surface area contributed by atoms with Crippen LogP contribution in [0.25, 0.3) is 0 Å². The van der Waals surface area contributed by atoms with E-state index in [0.717, 1.165) is 18.7 Å². The Balaban J connectivity index is 1.59. The molecule has 126 valence electrons. The molecular formula is C20H23NO3. The van der Waals surface area contributed by atoms with Gasteiger partial charge in [0.1, 0.15) is 17.1 Å². The Morgan fingerprint density at radius 1 is 1.29 bits per heavy atom. The fourth-order valence-electron chi connectivity index (χ4n) is 3.85. The van der Waals surface area contributed by atoms with Gasteiger partial charge in [0.2, 0.25) is 0 Å². The molecule has 0 saturated carbocycles. The van der Waals surface area contributed by atoms with Gasteiger partial charge >= 0.3 is 0 Å². The van der Waals surface area contributed by atoms with Gasteiger partial charge in [-0.05, 0) is 30.5 Å². The highest BCUT2D eigenvalue weighted by atomic mass is 16.5. The third kappa shape index (κ3) is 2.28. The molecule has 0 bridgehead atoms. The summed E-state index contributed by atoms with van der Waals surface area (Å²) in [6, 6.07) is 10.2. The Labute approximate surface area is 142 Å². The van der Waals surface area contributed by atoms with Gasteiger partial charge in [-0.25, -0.2) is 0 Å². The van der Waals surface area contributed by atoms with Crippen LogP contribution < -0.4 is 0 Å². The lowest BCUT2D eigenvalue weighted by atomic mass is 9.92. The molecule has 0 radical (unpaired) electrons. The monoisotopic (exact) mass is 325 g/mol. The number of rotatable bonds is 2. The molecule has 2 aliphatic heterocycles. The van der Waals surface area contributed by atoms with Crippen molar-refractivity contribution < 1.29 is 13.9 Å². The smallest absolute Gasteiger partial charge is 0.257 e. The van der Waals surface area contributed by atoms with Crippen molar-refractivity contribution in [2.45, 2.75) is 45.3 Å². The summed E-state index contributed by atoms with van der Waals surface area (Å²) in [7, 11) is 0. The third-order valence-corrected chi connectivity index (χ3v) is 5.27. The summed E-state index contributed by atoms with van der Waals surface area (Å²) in [5, 5.41) is 0. The molecular weight excluding hydrogens is 302 g/mol. The van der Waals surface area contributed by atoms with Crippen molar-refractivity contribution in [3.63, 3.8) is 0 Å². The van der Waals surface area contributed by atoms with Crippen LogP contribution in [0.5, 0.6) is 0 Å². The average molecular weight is 325 g/mol. The number of carbonyl (C=O) groups is 1. The minimum Gasteiger partial charge on any atom is -0.465 e. The Morgan fingerprint density at radius 3 is 2.83 bits per heavy atom. The number of furan rings is 1. The minimum atomic E-state index is -0.329. The molecule has 4 nitrogen and oxygen atoms in total. The molecule has 4 rings (SSSR count). The normalized spacial score (nSPS) is 22.6. The highest BCUT2D eigenvalue weighted by Crippen LogP contribution is 2.43. The van der Waals surface area contributed by atoms with E-state index in [2.05, 4.69) is 32.0 Å². The summed E-state index contributed by atoms with van der Waals surface area (Å²) < 4.78 is 11.9. The first-order valence-corrected chi connectivity index (χ1v) is 8.62. The van der Waals surface area contributed by atoms with Crippen molar-refractivity contribution in [2.75, 3.05) is 13.1 Å². The highest BCUT2D eigenvalue weighted by molar-refractivity contribution is 5.95. The quantitative estimate of drug-likeness (QED) is 0.838.